The molecule has 2 heterocycles. The summed E-state index contributed by atoms with van der Waals surface area (Å²) >= 11 is 0. The normalized spacial score (nSPS) is 16.9. The largest absolute Gasteiger partial charge is 0.317 e. The van der Waals surface area contributed by atoms with Gasteiger partial charge < -0.3 is 5.32 Å². The van der Waals surface area contributed by atoms with E-state index in [0.717, 1.165) is 31.5 Å². The average Bonchev–Trinajstić information content (AvgIpc) is 2.78. The van der Waals surface area contributed by atoms with Gasteiger partial charge in [-0.1, -0.05) is 0 Å². The van der Waals surface area contributed by atoms with Gasteiger partial charge in [0.15, 0.2) is 5.78 Å². The Morgan fingerprint density at radius 2 is 2.12 bits per heavy atom. The standard InChI is InChI=1S/C12H19N3O.ClH/c1-9(2)15-8-11(7-14-15)12(16)10-3-5-13-6-4-10;/h7-10,13H,3-6H2,1-2H3;1H. The Balaban J connectivity index is 0.00000144. The van der Waals surface area contributed by atoms with E-state index >= 15 is 0 Å². The van der Waals surface area contributed by atoms with Crippen LogP contribution in [-0.4, -0.2) is 28.7 Å². The molecule has 1 aliphatic rings. The fourth-order valence-electron chi connectivity index (χ4n) is 2.07. The quantitative estimate of drug-likeness (QED) is 0.844. The third-order valence-corrected chi connectivity index (χ3v) is 3.13. The highest BCUT2D eigenvalue weighted by Crippen LogP contribution is 2.18. The first-order valence-corrected chi connectivity index (χ1v) is 5.97. The maximum atomic E-state index is 12.2. The van der Waals surface area contributed by atoms with Crippen LogP contribution in [0, 0.1) is 5.92 Å². The molecule has 1 fully saturated rings. The number of halogens is 1. The maximum absolute atomic E-state index is 12.2. The highest BCUT2D eigenvalue weighted by atomic mass is 35.5. The predicted molar refractivity (Wildman–Crippen MR) is 69.8 cm³/mol. The molecule has 1 aromatic rings. The molecule has 0 radical (unpaired) electrons. The van der Waals surface area contributed by atoms with E-state index in [1.165, 1.54) is 0 Å². The molecule has 17 heavy (non-hydrogen) atoms. The Bertz CT molecular complexity index is 370. The fourth-order valence-corrected chi connectivity index (χ4v) is 2.07. The summed E-state index contributed by atoms with van der Waals surface area (Å²) in [5.74, 6) is 0.444. The number of carbonyl (C=O) groups is 1. The lowest BCUT2D eigenvalue weighted by Crippen LogP contribution is -2.31. The second-order valence-corrected chi connectivity index (χ2v) is 4.69. The van der Waals surface area contributed by atoms with E-state index in [9.17, 15) is 4.79 Å². The molecule has 0 unspecified atom stereocenters. The summed E-state index contributed by atoms with van der Waals surface area (Å²) in [5, 5.41) is 7.48. The third-order valence-electron chi connectivity index (χ3n) is 3.13. The van der Waals surface area contributed by atoms with Gasteiger partial charge in [0.2, 0.25) is 0 Å². The molecule has 1 N–H and O–H groups in total. The van der Waals surface area contributed by atoms with Crippen LogP contribution in [0.5, 0.6) is 0 Å². The molecule has 2 rings (SSSR count). The number of ketones is 1. The Hall–Kier alpha value is -0.870. The first-order valence-electron chi connectivity index (χ1n) is 5.97. The van der Waals surface area contributed by atoms with Crippen molar-refractivity contribution >= 4 is 18.2 Å². The van der Waals surface area contributed by atoms with Gasteiger partial charge >= 0.3 is 0 Å². The van der Waals surface area contributed by atoms with Crippen LogP contribution in [0.15, 0.2) is 12.4 Å². The molecule has 4 nitrogen and oxygen atoms in total. The van der Waals surface area contributed by atoms with Crippen LogP contribution in [0.1, 0.15) is 43.1 Å². The van der Waals surface area contributed by atoms with Crippen molar-refractivity contribution < 1.29 is 4.79 Å². The van der Waals surface area contributed by atoms with Crippen molar-refractivity contribution in [2.24, 2.45) is 5.92 Å². The Morgan fingerprint density at radius 1 is 1.47 bits per heavy atom. The summed E-state index contributed by atoms with van der Waals surface area (Å²) in [6, 6.07) is 0.314. The molecule has 0 aromatic carbocycles. The minimum Gasteiger partial charge on any atom is -0.317 e. The van der Waals surface area contributed by atoms with E-state index < -0.39 is 0 Å². The van der Waals surface area contributed by atoms with Crippen LogP contribution in [0.25, 0.3) is 0 Å². The molecule has 0 saturated carbocycles. The summed E-state index contributed by atoms with van der Waals surface area (Å²) in [6.45, 7) is 6.03. The highest BCUT2D eigenvalue weighted by Gasteiger charge is 2.23. The summed E-state index contributed by atoms with van der Waals surface area (Å²) in [6.07, 6.45) is 5.47. The first kappa shape index (κ1) is 14.2. The smallest absolute Gasteiger partial charge is 0.169 e. The first-order chi connectivity index (χ1) is 7.68. The van der Waals surface area contributed by atoms with Gasteiger partial charge in [0.1, 0.15) is 0 Å². The Morgan fingerprint density at radius 3 is 2.65 bits per heavy atom. The monoisotopic (exact) mass is 257 g/mol. The van der Waals surface area contributed by atoms with Gasteiger partial charge in [-0.15, -0.1) is 12.4 Å². The molecule has 1 aromatic heterocycles. The molecule has 0 bridgehead atoms. The van der Waals surface area contributed by atoms with Crippen LogP contribution >= 0.6 is 12.4 Å². The molecular weight excluding hydrogens is 238 g/mol. The number of nitrogens with zero attached hydrogens (tertiary/aromatic N) is 2. The Kier molecular flexibility index (Phi) is 5.15. The minimum absolute atomic E-state index is 0. The molecule has 5 heteroatoms. The predicted octanol–water partition coefficient (Wildman–Crippen LogP) is 2.07. The van der Waals surface area contributed by atoms with Gasteiger partial charge in [-0.2, -0.15) is 5.10 Å². The van der Waals surface area contributed by atoms with Gasteiger partial charge in [-0.25, -0.2) is 0 Å². The summed E-state index contributed by atoms with van der Waals surface area (Å²) in [7, 11) is 0. The van der Waals surface area contributed by atoms with Crippen molar-refractivity contribution in [1.29, 1.82) is 0 Å². The molecule has 1 aliphatic heterocycles. The maximum Gasteiger partial charge on any atom is 0.169 e. The highest BCUT2D eigenvalue weighted by molar-refractivity contribution is 5.97. The van der Waals surface area contributed by atoms with Crippen molar-refractivity contribution in [3.8, 4) is 0 Å². The SMILES string of the molecule is CC(C)n1cc(C(=O)C2CCNCC2)cn1.Cl. The number of rotatable bonds is 3. The topological polar surface area (TPSA) is 46.9 Å². The number of hydrogen-bond donors (Lipinski definition) is 1. The number of nitrogens with one attached hydrogen (secondary N) is 1. The number of hydrogen-bond acceptors (Lipinski definition) is 3. The lowest BCUT2D eigenvalue weighted by molar-refractivity contribution is 0.0895. The number of carbonyl (C=O) groups excluding carboxylic acids is 1. The lowest BCUT2D eigenvalue weighted by Gasteiger charge is -2.20. The van der Waals surface area contributed by atoms with Gasteiger partial charge in [-0.3, -0.25) is 9.48 Å². The summed E-state index contributed by atoms with van der Waals surface area (Å²) in [4.78, 5) is 12.2. The van der Waals surface area contributed by atoms with Crippen molar-refractivity contribution in [1.82, 2.24) is 15.1 Å². The van der Waals surface area contributed by atoms with Crippen LogP contribution in [0.4, 0.5) is 0 Å². The van der Waals surface area contributed by atoms with Gasteiger partial charge in [0.05, 0.1) is 11.8 Å². The Labute approximate surface area is 108 Å². The average molecular weight is 258 g/mol. The molecule has 0 atom stereocenters. The lowest BCUT2D eigenvalue weighted by atomic mass is 9.91. The fraction of sp³-hybridized carbons (Fsp3) is 0.667. The van der Waals surface area contributed by atoms with Gasteiger partial charge in [0, 0.05) is 18.2 Å². The zero-order valence-corrected chi connectivity index (χ0v) is 11.2. The summed E-state index contributed by atoms with van der Waals surface area (Å²) in [5.41, 5.74) is 0.764. The van der Waals surface area contributed by atoms with Crippen LogP contribution in [0.2, 0.25) is 0 Å². The minimum atomic E-state index is 0. The van der Waals surface area contributed by atoms with Crippen LogP contribution in [0.3, 0.4) is 0 Å². The zero-order valence-electron chi connectivity index (χ0n) is 10.3. The van der Waals surface area contributed by atoms with Crippen LogP contribution < -0.4 is 5.32 Å². The molecular formula is C12H20ClN3O. The molecule has 0 aliphatic carbocycles. The number of aromatic nitrogens is 2. The van der Waals surface area contributed by atoms with Crippen LogP contribution in [-0.2, 0) is 0 Å². The molecule has 1 saturated heterocycles. The van der Waals surface area contributed by atoms with E-state index in [1.807, 2.05) is 10.9 Å². The number of piperidine rings is 1. The summed E-state index contributed by atoms with van der Waals surface area (Å²) < 4.78 is 1.84. The second-order valence-electron chi connectivity index (χ2n) is 4.69. The van der Waals surface area contributed by atoms with Gasteiger partial charge in [-0.05, 0) is 39.8 Å². The van der Waals surface area contributed by atoms with Gasteiger partial charge in [0.25, 0.3) is 0 Å². The molecule has 0 amide bonds. The number of Topliss-reactive ketones (excluding diaryl/α,β-unsaturated/α-hetero) is 1. The van der Waals surface area contributed by atoms with Crippen molar-refractivity contribution in [3.05, 3.63) is 18.0 Å². The van der Waals surface area contributed by atoms with E-state index in [1.54, 1.807) is 6.20 Å². The second kappa shape index (κ2) is 6.17. The zero-order chi connectivity index (χ0) is 11.5. The van der Waals surface area contributed by atoms with Crippen molar-refractivity contribution in [2.45, 2.75) is 32.7 Å². The molecule has 0 spiro atoms. The van der Waals surface area contributed by atoms with E-state index in [4.69, 9.17) is 0 Å². The van der Waals surface area contributed by atoms with E-state index in [2.05, 4.69) is 24.3 Å². The van der Waals surface area contributed by atoms with Crippen molar-refractivity contribution in [2.75, 3.05) is 13.1 Å². The third kappa shape index (κ3) is 3.30. The van der Waals surface area contributed by atoms with E-state index in [-0.39, 0.29) is 24.1 Å². The van der Waals surface area contributed by atoms with Crippen molar-refractivity contribution in [3.63, 3.8) is 0 Å². The molecule has 96 valence electrons. The van der Waals surface area contributed by atoms with E-state index in [0.29, 0.717) is 6.04 Å².